The molecular weight excluding hydrogens is 524 g/mol. The number of rotatable bonds is 5. The highest BCUT2D eigenvalue weighted by atomic mass is 35.5. The molecule has 0 saturated carbocycles. The third kappa shape index (κ3) is 4.67. The van der Waals surface area contributed by atoms with Crippen molar-refractivity contribution in [1.82, 2.24) is 19.7 Å². The summed E-state index contributed by atoms with van der Waals surface area (Å²) >= 11 is 12.4. The maximum atomic E-state index is 14.1. The van der Waals surface area contributed by atoms with Gasteiger partial charge < -0.3 is 24.5 Å². The van der Waals surface area contributed by atoms with Gasteiger partial charge in [-0.3, -0.25) is 4.68 Å². The Morgan fingerprint density at radius 1 is 1.27 bits per heavy atom. The number of hydrogen-bond donors (Lipinski definition) is 1. The number of nitrogens with zero attached hydrogens (tertiary/aromatic N) is 4. The Labute approximate surface area is 221 Å². The zero-order chi connectivity index (χ0) is 26.3. The molecule has 1 atom stereocenters. The van der Waals surface area contributed by atoms with E-state index in [0.717, 1.165) is 24.0 Å². The topological polar surface area (TPSA) is 109 Å². The molecule has 1 aromatic carbocycles. The van der Waals surface area contributed by atoms with Crippen LogP contribution in [0.25, 0.3) is 22.1 Å². The van der Waals surface area contributed by atoms with E-state index in [1.54, 1.807) is 30.5 Å². The Bertz CT molecular complexity index is 1470. The molecule has 12 heteroatoms. The first-order valence-electron chi connectivity index (χ1n) is 11.6. The van der Waals surface area contributed by atoms with E-state index in [-0.39, 0.29) is 33.7 Å². The number of fused-ring (bicyclic) bond motifs is 1. The van der Waals surface area contributed by atoms with Gasteiger partial charge in [-0.25, -0.2) is 14.2 Å². The summed E-state index contributed by atoms with van der Waals surface area (Å²) in [6, 6.07) is 2.77. The molecule has 194 valence electrons. The van der Waals surface area contributed by atoms with Crippen LogP contribution in [-0.4, -0.2) is 46.0 Å². The van der Waals surface area contributed by atoms with Gasteiger partial charge in [0.1, 0.15) is 18.2 Å². The van der Waals surface area contributed by atoms with E-state index in [2.05, 4.69) is 10.1 Å². The fourth-order valence-electron chi connectivity index (χ4n) is 4.59. The van der Waals surface area contributed by atoms with Crippen LogP contribution in [0.2, 0.25) is 10.0 Å². The first kappa shape index (κ1) is 25.2. The molecule has 37 heavy (non-hydrogen) atoms. The van der Waals surface area contributed by atoms with Crippen LogP contribution in [0.15, 0.2) is 41.4 Å². The maximum absolute atomic E-state index is 14.1. The number of aromatic nitrogens is 3. The SMILES string of the molecule is COC(=O)N1CCC(n2cc(-c3coc4c(O[C@H](C)c5c(Cl)ccc(F)c5Cl)c(N)ncc34)cn2)CC1. The minimum atomic E-state index is -0.738. The fourth-order valence-corrected chi connectivity index (χ4v) is 5.27. The van der Waals surface area contributed by atoms with Gasteiger partial charge in [-0.05, 0) is 31.9 Å². The third-order valence-corrected chi connectivity index (χ3v) is 7.28. The normalized spacial score (nSPS) is 15.2. The number of ether oxygens (including phenoxy) is 2. The quantitative estimate of drug-likeness (QED) is 0.293. The Kier molecular flexibility index (Phi) is 6.87. The molecule has 0 spiro atoms. The van der Waals surface area contributed by atoms with Gasteiger partial charge in [-0.15, -0.1) is 0 Å². The summed E-state index contributed by atoms with van der Waals surface area (Å²) < 4.78 is 32.7. The predicted octanol–water partition coefficient (Wildman–Crippen LogP) is 6.26. The molecule has 1 saturated heterocycles. The van der Waals surface area contributed by atoms with Gasteiger partial charge in [0.15, 0.2) is 11.4 Å². The lowest BCUT2D eigenvalue weighted by Crippen LogP contribution is -2.39. The van der Waals surface area contributed by atoms with E-state index >= 15 is 0 Å². The summed E-state index contributed by atoms with van der Waals surface area (Å²) in [5.74, 6) is -0.290. The van der Waals surface area contributed by atoms with Crippen LogP contribution < -0.4 is 10.5 Å². The molecule has 3 aromatic heterocycles. The van der Waals surface area contributed by atoms with Crippen molar-refractivity contribution in [1.29, 1.82) is 0 Å². The first-order valence-corrected chi connectivity index (χ1v) is 12.4. The van der Waals surface area contributed by atoms with Gasteiger partial charge in [-0.2, -0.15) is 5.10 Å². The second kappa shape index (κ2) is 10.1. The first-order chi connectivity index (χ1) is 17.8. The number of benzene rings is 1. The van der Waals surface area contributed by atoms with E-state index in [1.165, 1.54) is 19.2 Å². The number of carbonyl (C=O) groups excluding carboxylic acids is 1. The highest BCUT2D eigenvalue weighted by Gasteiger charge is 2.26. The molecule has 5 rings (SSSR count). The monoisotopic (exact) mass is 547 g/mol. The van der Waals surface area contributed by atoms with Crippen LogP contribution in [0.4, 0.5) is 15.0 Å². The number of furan rings is 1. The number of likely N-dealkylation sites (tertiary alicyclic amines) is 1. The number of hydrogen-bond acceptors (Lipinski definition) is 7. The number of halogens is 3. The lowest BCUT2D eigenvalue weighted by molar-refractivity contribution is 0.105. The Hall–Kier alpha value is -3.50. The summed E-state index contributed by atoms with van der Waals surface area (Å²) in [6.45, 7) is 2.88. The molecule has 0 bridgehead atoms. The lowest BCUT2D eigenvalue weighted by atomic mass is 10.1. The standard InChI is InChI=1S/C25H24Cl2FN5O4/c1-13(20-18(26)3-4-19(28)21(20)27)37-23-22-16(10-30-24(23)29)17(12-36-22)14-9-31-33(11-14)15-5-7-32(8-6-15)25(34)35-2/h3-4,9-13,15H,5-8H2,1-2H3,(H2,29,30)/t13-/m1/s1. The number of nitrogens with two attached hydrogens (primary N) is 1. The number of methoxy groups -OCH3 is 1. The van der Waals surface area contributed by atoms with Crippen molar-refractivity contribution in [2.24, 2.45) is 0 Å². The largest absolute Gasteiger partial charge is 0.478 e. The highest BCUT2D eigenvalue weighted by molar-refractivity contribution is 6.36. The molecule has 2 N–H and O–H groups in total. The fraction of sp³-hybridized carbons (Fsp3) is 0.320. The number of amides is 1. The van der Waals surface area contributed by atoms with E-state index in [0.29, 0.717) is 29.6 Å². The molecule has 1 aliphatic rings. The van der Waals surface area contributed by atoms with Crippen LogP contribution in [-0.2, 0) is 4.74 Å². The van der Waals surface area contributed by atoms with E-state index < -0.39 is 11.9 Å². The molecule has 4 heterocycles. The molecule has 0 unspecified atom stereocenters. The zero-order valence-corrected chi connectivity index (χ0v) is 21.6. The number of anilines is 1. The van der Waals surface area contributed by atoms with Crippen molar-refractivity contribution < 1.29 is 23.1 Å². The smallest absolute Gasteiger partial charge is 0.409 e. The summed E-state index contributed by atoms with van der Waals surface area (Å²) in [6.07, 6.45) is 7.37. The Morgan fingerprint density at radius 3 is 2.76 bits per heavy atom. The molecule has 4 aromatic rings. The predicted molar refractivity (Wildman–Crippen MR) is 137 cm³/mol. The van der Waals surface area contributed by atoms with Gasteiger partial charge in [0, 0.05) is 47.2 Å². The van der Waals surface area contributed by atoms with Gasteiger partial charge in [-0.1, -0.05) is 23.2 Å². The highest BCUT2D eigenvalue weighted by Crippen LogP contribution is 2.41. The molecule has 0 radical (unpaired) electrons. The zero-order valence-electron chi connectivity index (χ0n) is 20.1. The van der Waals surface area contributed by atoms with Crippen molar-refractivity contribution in [2.75, 3.05) is 25.9 Å². The number of nitrogen functional groups attached to an aromatic ring is 1. The maximum Gasteiger partial charge on any atom is 0.409 e. The Balaban J connectivity index is 1.41. The summed E-state index contributed by atoms with van der Waals surface area (Å²) in [4.78, 5) is 17.7. The van der Waals surface area contributed by atoms with Crippen LogP contribution in [0.1, 0.15) is 37.5 Å². The van der Waals surface area contributed by atoms with Crippen LogP contribution in [0.5, 0.6) is 5.75 Å². The molecule has 1 amide bonds. The molecule has 9 nitrogen and oxygen atoms in total. The average molecular weight is 548 g/mol. The average Bonchev–Trinajstić information content (AvgIpc) is 3.55. The molecule has 1 fully saturated rings. The molecular formula is C25H24Cl2FN5O4. The molecule has 1 aliphatic heterocycles. The second-order valence-electron chi connectivity index (χ2n) is 8.78. The lowest BCUT2D eigenvalue weighted by Gasteiger charge is -2.30. The van der Waals surface area contributed by atoms with Crippen molar-refractivity contribution >= 4 is 46.1 Å². The number of piperidine rings is 1. The summed E-state index contributed by atoms with van der Waals surface area (Å²) in [7, 11) is 1.38. The third-order valence-electron chi connectivity index (χ3n) is 6.57. The number of carbonyl (C=O) groups is 1. The summed E-state index contributed by atoms with van der Waals surface area (Å²) in [5, 5.41) is 5.37. The van der Waals surface area contributed by atoms with Gasteiger partial charge in [0.2, 0.25) is 5.75 Å². The van der Waals surface area contributed by atoms with Crippen molar-refractivity contribution in [3.63, 3.8) is 0 Å². The number of pyridine rings is 1. The van der Waals surface area contributed by atoms with Crippen molar-refractivity contribution in [2.45, 2.75) is 31.9 Å². The Morgan fingerprint density at radius 2 is 2.03 bits per heavy atom. The van der Waals surface area contributed by atoms with Crippen LogP contribution in [0.3, 0.4) is 0 Å². The minimum absolute atomic E-state index is 0.108. The van der Waals surface area contributed by atoms with E-state index in [4.69, 9.17) is 42.8 Å². The van der Waals surface area contributed by atoms with Crippen LogP contribution in [0, 0.1) is 5.82 Å². The van der Waals surface area contributed by atoms with Crippen molar-refractivity contribution in [3.8, 4) is 16.9 Å². The van der Waals surface area contributed by atoms with Gasteiger partial charge >= 0.3 is 6.09 Å². The minimum Gasteiger partial charge on any atom is -0.478 e. The van der Waals surface area contributed by atoms with E-state index in [9.17, 15) is 9.18 Å². The van der Waals surface area contributed by atoms with E-state index in [1.807, 2.05) is 10.9 Å². The van der Waals surface area contributed by atoms with Gasteiger partial charge in [0.25, 0.3) is 0 Å². The molecule has 0 aliphatic carbocycles. The van der Waals surface area contributed by atoms with Gasteiger partial charge in [0.05, 0.1) is 29.8 Å². The van der Waals surface area contributed by atoms with Crippen molar-refractivity contribution in [3.05, 3.63) is 58.4 Å². The summed E-state index contributed by atoms with van der Waals surface area (Å²) in [5.41, 5.74) is 8.40. The van der Waals surface area contributed by atoms with Crippen LogP contribution >= 0.6 is 23.2 Å². The second-order valence-corrected chi connectivity index (χ2v) is 9.56.